The van der Waals surface area contributed by atoms with Gasteiger partial charge in [0.2, 0.25) is 11.8 Å². The molecule has 1 aromatic carbocycles. The van der Waals surface area contributed by atoms with Gasteiger partial charge in [0.1, 0.15) is 6.54 Å². The first-order valence-electron chi connectivity index (χ1n) is 7.73. The Hall–Kier alpha value is -2.41. The average molecular weight is 335 g/mol. The monoisotopic (exact) mass is 335 g/mol. The van der Waals surface area contributed by atoms with E-state index in [1.165, 1.54) is 25.0 Å². The van der Waals surface area contributed by atoms with Gasteiger partial charge in [0, 0.05) is 19.2 Å². The van der Waals surface area contributed by atoms with Crippen molar-refractivity contribution >= 4 is 23.5 Å². The lowest BCUT2D eigenvalue weighted by Gasteiger charge is -2.21. The van der Waals surface area contributed by atoms with E-state index in [9.17, 15) is 14.4 Å². The third-order valence-corrected chi connectivity index (χ3v) is 3.37. The van der Waals surface area contributed by atoms with Gasteiger partial charge in [-0.05, 0) is 45.3 Å². The zero-order valence-electron chi connectivity index (χ0n) is 14.7. The summed E-state index contributed by atoms with van der Waals surface area (Å²) in [6, 6.07) is 6.45. The van der Waals surface area contributed by atoms with E-state index < -0.39 is 5.97 Å². The summed E-state index contributed by atoms with van der Waals surface area (Å²) in [4.78, 5) is 38.9. The van der Waals surface area contributed by atoms with Gasteiger partial charge in [-0.15, -0.1) is 0 Å². The van der Waals surface area contributed by atoms with Gasteiger partial charge >= 0.3 is 5.97 Å². The Balaban J connectivity index is 2.72. The van der Waals surface area contributed by atoms with E-state index in [1.54, 1.807) is 18.2 Å². The lowest BCUT2D eigenvalue weighted by molar-refractivity contribution is -0.123. The zero-order chi connectivity index (χ0) is 18.1. The molecule has 1 N–H and O–H groups in total. The number of nitrogens with one attached hydrogen (secondary N) is 1. The molecule has 1 aromatic rings. The predicted octanol–water partition coefficient (Wildman–Crippen LogP) is 0.894. The highest BCUT2D eigenvalue weighted by Crippen LogP contribution is 2.17. The first-order valence-corrected chi connectivity index (χ1v) is 7.73. The molecular formula is C17H25N3O4. The number of ether oxygens (including phenoxy) is 1. The van der Waals surface area contributed by atoms with E-state index in [0.29, 0.717) is 17.8 Å². The fraction of sp³-hybridized carbons (Fsp3) is 0.471. The lowest BCUT2D eigenvalue weighted by Crippen LogP contribution is -2.40. The number of rotatable bonds is 8. The molecule has 0 saturated carbocycles. The largest absolute Gasteiger partial charge is 0.465 e. The van der Waals surface area contributed by atoms with Gasteiger partial charge in [0.25, 0.3) is 0 Å². The predicted molar refractivity (Wildman–Crippen MR) is 92.0 cm³/mol. The number of carbonyl (C=O) groups is 3. The van der Waals surface area contributed by atoms with Crippen molar-refractivity contribution < 1.29 is 19.1 Å². The SMILES string of the molecule is COC(=O)c1cccc(N(CC(=O)NCCCN(C)C)C(C)=O)c1. The highest BCUT2D eigenvalue weighted by Gasteiger charge is 2.17. The first kappa shape index (κ1) is 19.6. The van der Waals surface area contributed by atoms with Gasteiger partial charge in [-0.3, -0.25) is 9.59 Å². The molecule has 0 unspecified atom stereocenters. The first-order chi connectivity index (χ1) is 11.3. The third-order valence-electron chi connectivity index (χ3n) is 3.37. The van der Waals surface area contributed by atoms with Gasteiger partial charge in [-0.1, -0.05) is 6.07 Å². The van der Waals surface area contributed by atoms with Crippen molar-refractivity contribution in [3.8, 4) is 0 Å². The van der Waals surface area contributed by atoms with Crippen molar-refractivity contribution in [3.05, 3.63) is 29.8 Å². The Morgan fingerprint density at radius 3 is 2.50 bits per heavy atom. The van der Waals surface area contributed by atoms with Crippen LogP contribution in [0, 0.1) is 0 Å². The number of methoxy groups -OCH3 is 1. The summed E-state index contributed by atoms with van der Waals surface area (Å²) in [5.74, 6) is -1.01. The van der Waals surface area contributed by atoms with Crippen LogP contribution < -0.4 is 10.2 Å². The maximum absolute atomic E-state index is 12.0. The molecular weight excluding hydrogens is 310 g/mol. The Morgan fingerprint density at radius 2 is 1.92 bits per heavy atom. The van der Waals surface area contributed by atoms with Crippen LogP contribution in [0.5, 0.6) is 0 Å². The van der Waals surface area contributed by atoms with E-state index in [-0.39, 0.29) is 18.4 Å². The number of hydrogen-bond donors (Lipinski definition) is 1. The van der Waals surface area contributed by atoms with Crippen LogP contribution in [0.4, 0.5) is 5.69 Å². The summed E-state index contributed by atoms with van der Waals surface area (Å²) >= 11 is 0. The van der Waals surface area contributed by atoms with Gasteiger partial charge in [0.05, 0.1) is 12.7 Å². The van der Waals surface area contributed by atoms with E-state index in [4.69, 9.17) is 0 Å². The van der Waals surface area contributed by atoms with Crippen LogP contribution in [0.15, 0.2) is 24.3 Å². The minimum absolute atomic E-state index is 0.0953. The van der Waals surface area contributed by atoms with Gasteiger partial charge < -0.3 is 19.9 Å². The van der Waals surface area contributed by atoms with E-state index >= 15 is 0 Å². The number of benzene rings is 1. The number of hydrogen-bond acceptors (Lipinski definition) is 5. The highest BCUT2D eigenvalue weighted by molar-refractivity contribution is 5.99. The van der Waals surface area contributed by atoms with Crippen LogP contribution in [-0.4, -0.2) is 63.5 Å². The fourth-order valence-electron chi connectivity index (χ4n) is 2.13. The summed E-state index contributed by atoms with van der Waals surface area (Å²) < 4.78 is 4.67. The molecule has 0 spiro atoms. The van der Waals surface area contributed by atoms with Crippen LogP contribution >= 0.6 is 0 Å². The third kappa shape index (κ3) is 6.37. The summed E-state index contributed by atoms with van der Waals surface area (Å²) in [5.41, 5.74) is 0.807. The molecule has 0 aliphatic carbocycles. The molecule has 0 aliphatic rings. The van der Waals surface area contributed by atoms with Gasteiger partial charge in [0.15, 0.2) is 0 Å². The summed E-state index contributed by atoms with van der Waals surface area (Å²) in [6.07, 6.45) is 0.830. The Bertz CT molecular complexity index is 587. The van der Waals surface area contributed by atoms with E-state index in [1.807, 2.05) is 19.0 Å². The number of amides is 2. The standard InChI is InChI=1S/C17H25N3O4/c1-13(21)20(12-16(22)18-9-6-10-19(2)3)15-8-5-7-14(11-15)17(23)24-4/h5,7-8,11H,6,9-10,12H2,1-4H3,(H,18,22). The molecule has 0 fully saturated rings. The Morgan fingerprint density at radius 1 is 1.21 bits per heavy atom. The number of anilines is 1. The highest BCUT2D eigenvalue weighted by atomic mass is 16.5. The van der Waals surface area contributed by atoms with E-state index in [0.717, 1.165) is 13.0 Å². The minimum atomic E-state index is -0.492. The van der Waals surface area contributed by atoms with Crippen LogP contribution in [0.25, 0.3) is 0 Å². The maximum atomic E-state index is 12.0. The number of carbonyl (C=O) groups excluding carboxylic acids is 3. The van der Waals surface area contributed by atoms with Crippen LogP contribution in [0.3, 0.4) is 0 Å². The van der Waals surface area contributed by atoms with Gasteiger partial charge in [-0.25, -0.2) is 4.79 Å². The lowest BCUT2D eigenvalue weighted by atomic mass is 10.2. The quantitative estimate of drug-likeness (QED) is 0.564. The van der Waals surface area contributed by atoms with Crippen LogP contribution in [-0.2, 0) is 14.3 Å². The van der Waals surface area contributed by atoms with Crippen LogP contribution in [0.2, 0.25) is 0 Å². The summed E-state index contributed by atoms with van der Waals surface area (Å²) in [7, 11) is 5.22. The normalized spacial score (nSPS) is 10.4. The minimum Gasteiger partial charge on any atom is -0.465 e. The van der Waals surface area contributed by atoms with Crippen molar-refractivity contribution in [2.24, 2.45) is 0 Å². The van der Waals surface area contributed by atoms with Gasteiger partial charge in [-0.2, -0.15) is 0 Å². The smallest absolute Gasteiger partial charge is 0.337 e. The number of esters is 1. The van der Waals surface area contributed by atoms with Crippen molar-refractivity contribution in [2.45, 2.75) is 13.3 Å². The second-order valence-corrected chi connectivity index (χ2v) is 5.65. The van der Waals surface area contributed by atoms with Crippen molar-refractivity contribution in [2.75, 3.05) is 45.7 Å². The molecule has 0 aliphatic heterocycles. The van der Waals surface area contributed by atoms with Crippen molar-refractivity contribution in [3.63, 3.8) is 0 Å². The molecule has 0 heterocycles. The summed E-state index contributed by atoms with van der Waals surface area (Å²) in [5, 5.41) is 2.79. The van der Waals surface area contributed by atoms with Crippen molar-refractivity contribution in [1.29, 1.82) is 0 Å². The Kier molecular flexibility index (Phi) is 7.91. The molecule has 24 heavy (non-hydrogen) atoms. The molecule has 132 valence electrons. The molecule has 0 aromatic heterocycles. The molecule has 2 amide bonds. The average Bonchev–Trinajstić information content (AvgIpc) is 2.55. The fourth-order valence-corrected chi connectivity index (χ4v) is 2.13. The molecule has 0 atom stereocenters. The maximum Gasteiger partial charge on any atom is 0.337 e. The van der Waals surface area contributed by atoms with E-state index in [2.05, 4.69) is 10.1 Å². The molecule has 0 saturated heterocycles. The Labute approximate surface area is 142 Å². The molecule has 0 bridgehead atoms. The summed E-state index contributed by atoms with van der Waals surface area (Å²) in [6.45, 7) is 2.70. The number of nitrogens with zero attached hydrogens (tertiary/aromatic N) is 2. The molecule has 7 nitrogen and oxygen atoms in total. The molecule has 7 heteroatoms. The second kappa shape index (κ2) is 9.67. The topological polar surface area (TPSA) is 79.0 Å². The molecule has 1 rings (SSSR count). The van der Waals surface area contributed by atoms with Crippen molar-refractivity contribution in [1.82, 2.24) is 10.2 Å². The molecule has 0 radical (unpaired) electrons. The van der Waals surface area contributed by atoms with Crippen LogP contribution in [0.1, 0.15) is 23.7 Å². The zero-order valence-corrected chi connectivity index (χ0v) is 14.7. The second-order valence-electron chi connectivity index (χ2n) is 5.65.